The first-order valence-electron chi connectivity index (χ1n) is 12.9. The van der Waals surface area contributed by atoms with Gasteiger partial charge in [-0.3, -0.25) is 4.98 Å². The van der Waals surface area contributed by atoms with Crippen LogP contribution in [-0.4, -0.2) is 14.1 Å². The van der Waals surface area contributed by atoms with Crippen molar-refractivity contribution in [2.75, 3.05) is 0 Å². The molecule has 0 spiro atoms. The molecule has 3 heterocycles. The van der Waals surface area contributed by atoms with Gasteiger partial charge in [0, 0.05) is 39.1 Å². The zero-order chi connectivity index (χ0) is 25.1. The number of fused-ring (bicyclic) bond motifs is 6. The van der Waals surface area contributed by atoms with Crippen molar-refractivity contribution in [3.05, 3.63) is 140 Å². The van der Waals surface area contributed by atoms with E-state index < -0.39 is 0 Å². The van der Waals surface area contributed by atoms with Crippen LogP contribution in [0.4, 0.5) is 0 Å². The normalized spacial score (nSPS) is 11.7. The van der Waals surface area contributed by atoms with E-state index in [1.54, 1.807) is 0 Å². The minimum Gasteiger partial charge on any atom is -0.309 e. The van der Waals surface area contributed by atoms with Gasteiger partial charge in [-0.05, 0) is 65.7 Å². The minimum atomic E-state index is 1.11. The van der Waals surface area contributed by atoms with Crippen LogP contribution < -0.4 is 0 Å². The van der Waals surface area contributed by atoms with Gasteiger partial charge in [0.25, 0.3) is 0 Å². The summed E-state index contributed by atoms with van der Waals surface area (Å²) in [5.74, 6) is 0. The van der Waals surface area contributed by atoms with Gasteiger partial charge in [0.05, 0.1) is 28.3 Å². The lowest BCUT2D eigenvalue weighted by molar-refractivity contribution is 1.17. The van der Waals surface area contributed by atoms with Crippen molar-refractivity contribution in [1.82, 2.24) is 14.1 Å². The predicted molar refractivity (Wildman–Crippen MR) is 158 cm³/mol. The molecule has 0 N–H and O–H groups in total. The summed E-state index contributed by atoms with van der Waals surface area (Å²) in [5.41, 5.74) is 9.48. The molecule has 3 heteroatoms. The van der Waals surface area contributed by atoms with Crippen molar-refractivity contribution in [3.8, 4) is 22.5 Å². The molecule has 0 amide bonds. The van der Waals surface area contributed by atoms with Gasteiger partial charge in [-0.15, -0.1) is 0 Å². The number of nitrogens with zero attached hydrogens (tertiary/aromatic N) is 3. The van der Waals surface area contributed by atoms with E-state index in [9.17, 15) is 0 Å². The summed E-state index contributed by atoms with van der Waals surface area (Å²) in [6.07, 6.45) is 3.87. The number of hydrogen-bond acceptors (Lipinski definition) is 1. The Labute approximate surface area is 219 Å². The van der Waals surface area contributed by atoms with Gasteiger partial charge in [0.2, 0.25) is 0 Å². The third-order valence-electron chi connectivity index (χ3n) is 7.61. The highest BCUT2D eigenvalue weighted by molar-refractivity contribution is 6.17. The van der Waals surface area contributed by atoms with Crippen LogP contribution in [0.25, 0.3) is 66.1 Å². The van der Waals surface area contributed by atoms with Gasteiger partial charge in [-0.2, -0.15) is 0 Å². The Balaban J connectivity index is 1.44. The molecule has 0 aliphatic heterocycles. The topological polar surface area (TPSA) is 22.8 Å². The summed E-state index contributed by atoms with van der Waals surface area (Å²) in [5, 5.41) is 4.98. The SMILES string of the molecule is c1ccc(-n2c3ccccc3c3cc(-c4cccc5c4c4ccncc4n5-c4ccccc4)ccc32)cc1. The molecule has 38 heavy (non-hydrogen) atoms. The molecule has 0 aliphatic rings. The number of pyridine rings is 1. The molecule has 8 aromatic rings. The quantitative estimate of drug-likeness (QED) is 0.245. The highest BCUT2D eigenvalue weighted by atomic mass is 15.0. The number of benzene rings is 5. The Hall–Kier alpha value is -5.15. The minimum absolute atomic E-state index is 1.11. The van der Waals surface area contributed by atoms with Crippen LogP contribution in [0.3, 0.4) is 0 Å². The molecule has 0 saturated heterocycles. The average molecular weight is 486 g/mol. The monoisotopic (exact) mass is 485 g/mol. The van der Waals surface area contributed by atoms with E-state index in [0.29, 0.717) is 0 Å². The Kier molecular flexibility index (Phi) is 4.52. The highest BCUT2D eigenvalue weighted by Gasteiger charge is 2.18. The molecule has 178 valence electrons. The Morgan fingerprint density at radius 2 is 1.11 bits per heavy atom. The predicted octanol–water partition coefficient (Wildman–Crippen LogP) is 8.94. The Morgan fingerprint density at radius 1 is 0.447 bits per heavy atom. The fraction of sp³-hybridized carbons (Fsp3) is 0. The first kappa shape index (κ1) is 21.0. The molecule has 0 atom stereocenters. The van der Waals surface area contributed by atoms with Crippen LogP contribution in [-0.2, 0) is 0 Å². The smallest absolute Gasteiger partial charge is 0.0724 e. The molecule has 3 aromatic heterocycles. The molecule has 0 unspecified atom stereocenters. The molecule has 0 radical (unpaired) electrons. The summed E-state index contributed by atoms with van der Waals surface area (Å²) in [6.45, 7) is 0. The number of rotatable bonds is 3. The van der Waals surface area contributed by atoms with Gasteiger partial charge in [-0.25, -0.2) is 0 Å². The first-order chi connectivity index (χ1) is 18.9. The van der Waals surface area contributed by atoms with Crippen LogP contribution >= 0.6 is 0 Å². The molecule has 3 nitrogen and oxygen atoms in total. The van der Waals surface area contributed by atoms with E-state index >= 15 is 0 Å². The third kappa shape index (κ3) is 2.99. The highest BCUT2D eigenvalue weighted by Crippen LogP contribution is 2.40. The van der Waals surface area contributed by atoms with E-state index in [-0.39, 0.29) is 0 Å². The maximum absolute atomic E-state index is 4.48. The zero-order valence-corrected chi connectivity index (χ0v) is 20.6. The van der Waals surface area contributed by atoms with Crippen LogP contribution in [0, 0.1) is 0 Å². The van der Waals surface area contributed by atoms with Crippen molar-refractivity contribution in [2.24, 2.45) is 0 Å². The first-order valence-corrected chi connectivity index (χ1v) is 12.9. The van der Waals surface area contributed by atoms with Crippen LogP contribution in [0.5, 0.6) is 0 Å². The van der Waals surface area contributed by atoms with Crippen molar-refractivity contribution >= 4 is 43.6 Å². The number of hydrogen-bond donors (Lipinski definition) is 0. The van der Waals surface area contributed by atoms with E-state index in [1.807, 2.05) is 12.4 Å². The number of para-hydroxylation sites is 3. The van der Waals surface area contributed by atoms with Crippen molar-refractivity contribution in [1.29, 1.82) is 0 Å². The van der Waals surface area contributed by atoms with Gasteiger partial charge >= 0.3 is 0 Å². The van der Waals surface area contributed by atoms with Gasteiger partial charge in [-0.1, -0.05) is 72.8 Å². The molecule has 0 bridgehead atoms. The van der Waals surface area contributed by atoms with Crippen LogP contribution in [0.1, 0.15) is 0 Å². The standard InChI is InChI=1S/C35H23N3/c1-3-10-25(11-4-1)37-31-16-8-7-14-28(31)30-22-24(18-19-32(30)37)27-15-9-17-33-35(27)29-20-21-36-23-34(29)38(33)26-12-5-2-6-13-26/h1-23H. The molecular weight excluding hydrogens is 462 g/mol. The fourth-order valence-corrected chi connectivity index (χ4v) is 6.01. The maximum Gasteiger partial charge on any atom is 0.0724 e. The lowest BCUT2D eigenvalue weighted by Gasteiger charge is -2.10. The molecule has 8 rings (SSSR count). The molecule has 0 fully saturated rings. The van der Waals surface area contributed by atoms with E-state index in [2.05, 4.69) is 142 Å². The summed E-state index contributed by atoms with van der Waals surface area (Å²) in [7, 11) is 0. The summed E-state index contributed by atoms with van der Waals surface area (Å²) >= 11 is 0. The van der Waals surface area contributed by atoms with E-state index in [4.69, 9.17) is 0 Å². The molecule has 0 saturated carbocycles. The Morgan fingerprint density at radius 3 is 1.89 bits per heavy atom. The van der Waals surface area contributed by atoms with Gasteiger partial charge in [0.1, 0.15) is 0 Å². The summed E-state index contributed by atoms with van der Waals surface area (Å²) in [6, 6.07) is 45.5. The molecule has 5 aromatic carbocycles. The van der Waals surface area contributed by atoms with E-state index in [1.165, 1.54) is 54.9 Å². The maximum atomic E-state index is 4.48. The zero-order valence-electron chi connectivity index (χ0n) is 20.6. The lowest BCUT2D eigenvalue weighted by atomic mass is 9.98. The van der Waals surface area contributed by atoms with Gasteiger partial charge in [0.15, 0.2) is 0 Å². The second-order valence-corrected chi connectivity index (χ2v) is 9.68. The Bertz CT molecular complexity index is 2120. The van der Waals surface area contributed by atoms with Crippen molar-refractivity contribution < 1.29 is 0 Å². The largest absolute Gasteiger partial charge is 0.309 e. The second-order valence-electron chi connectivity index (χ2n) is 9.68. The van der Waals surface area contributed by atoms with E-state index in [0.717, 1.165) is 11.2 Å². The van der Waals surface area contributed by atoms with Crippen LogP contribution in [0.2, 0.25) is 0 Å². The second kappa shape index (κ2) is 8.19. The number of aromatic nitrogens is 3. The van der Waals surface area contributed by atoms with Crippen molar-refractivity contribution in [2.45, 2.75) is 0 Å². The summed E-state index contributed by atoms with van der Waals surface area (Å²) in [4.78, 5) is 4.48. The molecule has 0 aliphatic carbocycles. The molecular formula is C35H23N3. The lowest BCUT2D eigenvalue weighted by Crippen LogP contribution is -1.93. The average Bonchev–Trinajstić information content (AvgIpc) is 3.51. The third-order valence-corrected chi connectivity index (χ3v) is 7.61. The van der Waals surface area contributed by atoms with Gasteiger partial charge < -0.3 is 9.13 Å². The summed E-state index contributed by atoms with van der Waals surface area (Å²) < 4.78 is 4.68. The van der Waals surface area contributed by atoms with Crippen LogP contribution in [0.15, 0.2) is 140 Å². The van der Waals surface area contributed by atoms with Crippen molar-refractivity contribution in [3.63, 3.8) is 0 Å². The fourth-order valence-electron chi connectivity index (χ4n) is 6.01.